The Hall–Kier alpha value is -3.18. The van der Waals surface area contributed by atoms with Crippen molar-refractivity contribution >= 4 is 29.2 Å². The topological polar surface area (TPSA) is 89.3 Å². The number of aliphatic imine (C=N–C) groups is 1. The maximum absolute atomic E-state index is 13.4. The van der Waals surface area contributed by atoms with E-state index in [0.717, 1.165) is 18.2 Å². The van der Waals surface area contributed by atoms with Gasteiger partial charge in [-0.05, 0) is 36.4 Å². The molecular formula is C20H20ClF2N5O. The Morgan fingerprint density at radius 2 is 1.72 bits per heavy atom. The Bertz CT molecular complexity index is 929. The van der Waals surface area contributed by atoms with Gasteiger partial charge in [0.05, 0.1) is 0 Å². The molecule has 0 spiro atoms. The van der Waals surface area contributed by atoms with Crippen LogP contribution < -0.4 is 16.0 Å². The molecule has 0 saturated carbocycles. The fourth-order valence-electron chi connectivity index (χ4n) is 2.29. The predicted octanol–water partition coefficient (Wildman–Crippen LogP) is 4.26. The highest BCUT2D eigenvalue weighted by molar-refractivity contribution is 6.30. The number of hydrogen-bond acceptors (Lipinski definition) is 3. The maximum Gasteiger partial charge on any atom is 0.252 e. The summed E-state index contributed by atoms with van der Waals surface area (Å²) in [4.78, 5) is 16.9. The molecule has 6 nitrogen and oxygen atoms in total. The molecule has 0 saturated heterocycles. The van der Waals surface area contributed by atoms with Crippen LogP contribution in [0.1, 0.15) is 31.1 Å². The number of nitriles is 1. The lowest BCUT2D eigenvalue weighted by Crippen LogP contribution is -2.44. The molecule has 2 aromatic carbocycles. The molecular weight excluding hydrogens is 400 g/mol. The number of amides is 1. The highest BCUT2D eigenvalue weighted by Gasteiger charge is 2.27. The van der Waals surface area contributed by atoms with Crippen LogP contribution in [0.3, 0.4) is 0 Å². The second kappa shape index (κ2) is 9.34. The molecule has 1 unspecified atom stereocenters. The number of anilines is 1. The number of carbonyl (C=O) groups excluding carboxylic acids is 1. The van der Waals surface area contributed by atoms with Crippen molar-refractivity contribution in [1.82, 2.24) is 10.6 Å². The minimum absolute atomic E-state index is 0.0562. The van der Waals surface area contributed by atoms with Gasteiger partial charge in [-0.3, -0.25) is 10.1 Å². The van der Waals surface area contributed by atoms with Crippen LogP contribution in [-0.2, 0) is 0 Å². The van der Waals surface area contributed by atoms with Gasteiger partial charge in [0.1, 0.15) is 17.8 Å². The Balaban J connectivity index is 2.30. The third kappa shape index (κ3) is 6.73. The number of rotatable bonds is 4. The molecule has 152 valence electrons. The average molecular weight is 420 g/mol. The van der Waals surface area contributed by atoms with Gasteiger partial charge in [0.25, 0.3) is 5.91 Å². The molecule has 1 atom stereocenters. The lowest BCUT2D eigenvalue weighted by atomic mass is 9.92. The summed E-state index contributed by atoms with van der Waals surface area (Å²) in [6, 6.07) is 9.16. The maximum atomic E-state index is 13.4. The lowest BCUT2D eigenvalue weighted by Gasteiger charge is -2.29. The van der Waals surface area contributed by atoms with Crippen LogP contribution in [0.15, 0.2) is 47.5 Å². The van der Waals surface area contributed by atoms with Crippen molar-refractivity contribution in [3.05, 3.63) is 64.7 Å². The van der Waals surface area contributed by atoms with E-state index in [0.29, 0.717) is 10.6 Å². The van der Waals surface area contributed by atoms with Crippen molar-refractivity contribution in [2.75, 3.05) is 5.32 Å². The lowest BCUT2D eigenvalue weighted by molar-refractivity contribution is 0.0906. The summed E-state index contributed by atoms with van der Waals surface area (Å²) in [5, 5.41) is 17.3. The van der Waals surface area contributed by atoms with Gasteiger partial charge in [-0.2, -0.15) is 5.26 Å². The number of hydrogen-bond donors (Lipinski definition) is 3. The zero-order valence-corrected chi connectivity index (χ0v) is 16.8. The van der Waals surface area contributed by atoms with E-state index in [1.807, 2.05) is 20.8 Å². The quantitative estimate of drug-likeness (QED) is 0.299. The van der Waals surface area contributed by atoms with E-state index in [4.69, 9.17) is 16.9 Å². The molecule has 2 aromatic rings. The molecule has 0 aliphatic carbocycles. The second-order valence-electron chi connectivity index (χ2n) is 7.25. The average Bonchev–Trinajstić information content (AvgIpc) is 2.60. The van der Waals surface area contributed by atoms with Crippen LogP contribution in [0.25, 0.3) is 0 Å². The van der Waals surface area contributed by atoms with E-state index in [9.17, 15) is 13.6 Å². The Morgan fingerprint density at radius 3 is 2.24 bits per heavy atom. The second-order valence-corrected chi connectivity index (χ2v) is 7.68. The first kappa shape index (κ1) is 22.1. The standard InChI is InChI=1S/C20H20ClF2N5O/c1-20(2,3)18(27-17(29)12-4-6-13(21)7-5-12)28-19(25-11-24)26-16-9-14(22)8-15(23)10-16/h4-10,18H,1-3H3,(H,27,29)(H2,25,26,28). The molecule has 3 N–H and O–H groups in total. The first-order chi connectivity index (χ1) is 13.6. The van der Waals surface area contributed by atoms with Gasteiger partial charge in [-0.15, -0.1) is 0 Å². The molecule has 0 aromatic heterocycles. The molecule has 0 fully saturated rings. The molecule has 9 heteroatoms. The van der Waals surface area contributed by atoms with Crippen molar-refractivity contribution in [2.45, 2.75) is 26.9 Å². The Labute approximate surface area is 172 Å². The van der Waals surface area contributed by atoms with E-state index in [1.165, 1.54) is 0 Å². The van der Waals surface area contributed by atoms with Crippen molar-refractivity contribution in [2.24, 2.45) is 10.4 Å². The number of carbonyl (C=O) groups is 1. The minimum Gasteiger partial charge on any atom is -0.330 e. The van der Waals surface area contributed by atoms with Crippen molar-refractivity contribution < 1.29 is 13.6 Å². The predicted molar refractivity (Wildman–Crippen MR) is 108 cm³/mol. The summed E-state index contributed by atoms with van der Waals surface area (Å²) < 4.78 is 26.9. The van der Waals surface area contributed by atoms with E-state index >= 15 is 0 Å². The third-order valence-electron chi connectivity index (χ3n) is 3.75. The summed E-state index contributed by atoms with van der Waals surface area (Å²) in [5.41, 5.74) is -0.103. The first-order valence-corrected chi connectivity index (χ1v) is 8.99. The molecule has 0 heterocycles. The van der Waals surface area contributed by atoms with Crippen LogP contribution in [-0.4, -0.2) is 18.0 Å². The van der Waals surface area contributed by atoms with Gasteiger partial charge in [0, 0.05) is 27.8 Å². The van der Waals surface area contributed by atoms with E-state index < -0.39 is 29.1 Å². The van der Waals surface area contributed by atoms with Crippen LogP contribution >= 0.6 is 11.6 Å². The van der Waals surface area contributed by atoms with E-state index in [-0.39, 0.29) is 11.6 Å². The SMILES string of the molecule is CC(C)(C)C(/N=C(/NC#N)Nc1cc(F)cc(F)c1)NC(=O)c1ccc(Cl)cc1. The first-order valence-electron chi connectivity index (χ1n) is 8.61. The van der Waals surface area contributed by atoms with Gasteiger partial charge in [-0.1, -0.05) is 32.4 Å². The van der Waals surface area contributed by atoms with Crippen LogP contribution in [0, 0.1) is 28.5 Å². The van der Waals surface area contributed by atoms with Crippen molar-refractivity contribution in [1.29, 1.82) is 5.26 Å². The fourth-order valence-corrected chi connectivity index (χ4v) is 2.42. The number of halogens is 3. The molecule has 2 rings (SSSR count). The van der Waals surface area contributed by atoms with E-state index in [1.54, 1.807) is 30.5 Å². The summed E-state index contributed by atoms with van der Waals surface area (Å²) in [7, 11) is 0. The number of guanidine groups is 1. The largest absolute Gasteiger partial charge is 0.330 e. The Kier molecular flexibility index (Phi) is 7.13. The highest BCUT2D eigenvalue weighted by atomic mass is 35.5. The third-order valence-corrected chi connectivity index (χ3v) is 4.00. The van der Waals surface area contributed by atoms with Gasteiger partial charge in [0.2, 0.25) is 5.96 Å². The molecule has 29 heavy (non-hydrogen) atoms. The molecule has 0 bridgehead atoms. The minimum atomic E-state index is -0.785. The van der Waals surface area contributed by atoms with Gasteiger partial charge < -0.3 is 10.6 Å². The van der Waals surface area contributed by atoms with Crippen LogP contribution in [0.4, 0.5) is 14.5 Å². The summed E-state index contributed by atoms with van der Waals surface area (Å²) in [6.45, 7) is 5.53. The van der Waals surface area contributed by atoms with Crippen molar-refractivity contribution in [3.63, 3.8) is 0 Å². The molecule has 0 radical (unpaired) electrons. The van der Waals surface area contributed by atoms with Crippen LogP contribution in [0.5, 0.6) is 0 Å². The zero-order chi connectivity index (χ0) is 21.6. The number of nitrogens with zero attached hydrogens (tertiary/aromatic N) is 2. The highest BCUT2D eigenvalue weighted by Crippen LogP contribution is 2.22. The summed E-state index contributed by atoms with van der Waals surface area (Å²) >= 11 is 5.84. The molecule has 1 amide bonds. The van der Waals surface area contributed by atoms with Gasteiger partial charge in [-0.25, -0.2) is 13.8 Å². The van der Waals surface area contributed by atoms with Gasteiger partial charge in [0.15, 0.2) is 6.19 Å². The Morgan fingerprint density at radius 1 is 1.14 bits per heavy atom. The normalized spacial score (nSPS) is 12.7. The van der Waals surface area contributed by atoms with Crippen molar-refractivity contribution in [3.8, 4) is 6.19 Å². The number of benzene rings is 2. The van der Waals surface area contributed by atoms with Crippen LogP contribution in [0.2, 0.25) is 5.02 Å². The molecule has 0 aliphatic rings. The fraction of sp³-hybridized carbons (Fsp3) is 0.250. The number of nitrogens with one attached hydrogen (secondary N) is 3. The van der Waals surface area contributed by atoms with Gasteiger partial charge >= 0.3 is 0 Å². The summed E-state index contributed by atoms with van der Waals surface area (Å²) in [6.07, 6.45) is 0.936. The smallest absolute Gasteiger partial charge is 0.252 e. The summed E-state index contributed by atoms with van der Waals surface area (Å²) in [5.74, 6) is -2.04. The molecule has 0 aliphatic heterocycles. The monoisotopic (exact) mass is 419 g/mol. The van der Waals surface area contributed by atoms with E-state index in [2.05, 4.69) is 20.9 Å². The zero-order valence-electron chi connectivity index (χ0n) is 16.1.